The van der Waals surface area contributed by atoms with Crippen LogP contribution in [-0.2, 0) is 6.42 Å². The summed E-state index contributed by atoms with van der Waals surface area (Å²) in [5.74, 6) is -1.16. The van der Waals surface area contributed by atoms with Crippen molar-refractivity contribution >= 4 is 30.2 Å². The number of nitrogens with zero attached hydrogens (tertiary/aromatic N) is 1. The first kappa shape index (κ1) is 17.8. The molecule has 132 valence electrons. The third-order valence-electron chi connectivity index (χ3n) is 4.14. The summed E-state index contributed by atoms with van der Waals surface area (Å²) in [6.45, 7) is 5.96. The number of nitrogens with one attached hydrogen (secondary N) is 1. The Kier molecular flexibility index (Phi) is 4.82. The maximum Gasteiger partial charge on any atom is 0.337 e. The number of benzene rings is 2. The van der Waals surface area contributed by atoms with Gasteiger partial charge in [0, 0.05) is 0 Å². The van der Waals surface area contributed by atoms with Crippen LogP contribution in [0.4, 0.5) is 0 Å². The molecule has 0 saturated heterocycles. The van der Waals surface area contributed by atoms with Crippen molar-refractivity contribution in [2.24, 2.45) is 0 Å². The second-order valence-electron chi connectivity index (χ2n) is 5.85. The van der Waals surface area contributed by atoms with Gasteiger partial charge in [0.05, 0.1) is 26.8 Å². The summed E-state index contributed by atoms with van der Waals surface area (Å²) >= 11 is 5.89. The van der Waals surface area contributed by atoms with Gasteiger partial charge < -0.3 is 5.11 Å². The maximum absolute atomic E-state index is 12.8. The highest BCUT2D eigenvalue weighted by atomic mass is 35.5. The number of aromatic carboxylic acids is 1. The summed E-state index contributed by atoms with van der Waals surface area (Å²) < 4.78 is 1.26. The highest BCUT2D eigenvalue weighted by Crippen LogP contribution is 2.18. The van der Waals surface area contributed by atoms with Crippen LogP contribution in [0, 0.1) is 0 Å². The smallest absolute Gasteiger partial charge is 0.337 e. The monoisotopic (exact) mass is 368 g/mol. The molecule has 26 heavy (non-hydrogen) atoms. The summed E-state index contributed by atoms with van der Waals surface area (Å²) in [6.07, 6.45) is 2.70. The second kappa shape index (κ2) is 7.06. The second-order valence-corrected chi connectivity index (χ2v) is 6.26. The first-order valence-corrected chi connectivity index (χ1v) is 8.42. The minimum Gasteiger partial charge on any atom is -0.478 e. The largest absolute Gasteiger partial charge is 0.478 e. The molecule has 1 heterocycles. The van der Waals surface area contributed by atoms with Gasteiger partial charge in [0.25, 0.3) is 5.56 Å². The number of carboxylic acid groups (broad SMARTS) is 1. The number of hydrogen-bond acceptors (Lipinski definition) is 2. The van der Waals surface area contributed by atoms with Crippen molar-refractivity contribution in [2.45, 2.75) is 13.3 Å². The summed E-state index contributed by atoms with van der Waals surface area (Å²) in [4.78, 5) is 24.0. The number of hydrogen-bond donors (Lipinski definition) is 2. The van der Waals surface area contributed by atoms with Crippen molar-refractivity contribution in [3.63, 3.8) is 0 Å². The minimum atomic E-state index is -1.16. The van der Waals surface area contributed by atoms with E-state index >= 15 is 0 Å². The SMILES string of the molecule is C=c1[nH]n(-c2ccc(Cl)c(C(=O)O)c2)c(=O)/c1=C\c1ccc(CC)cc1. The molecule has 0 radical (unpaired) electrons. The molecule has 0 amide bonds. The van der Waals surface area contributed by atoms with E-state index in [4.69, 9.17) is 11.6 Å². The van der Waals surface area contributed by atoms with Gasteiger partial charge in [-0.25, -0.2) is 9.48 Å². The third-order valence-corrected chi connectivity index (χ3v) is 4.47. The van der Waals surface area contributed by atoms with Crippen LogP contribution in [0.25, 0.3) is 18.3 Å². The molecule has 0 bridgehead atoms. The van der Waals surface area contributed by atoms with Crippen molar-refractivity contribution in [2.75, 3.05) is 0 Å². The Morgan fingerprint density at radius 3 is 2.58 bits per heavy atom. The van der Waals surface area contributed by atoms with Crippen LogP contribution in [0.1, 0.15) is 28.4 Å². The van der Waals surface area contributed by atoms with E-state index in [1.54, 1.807) is 12.1 Å². The average Bonchev–Trinajstić information content (AvgIpc) is 2.91. The molecule has 0 unspecified atom stereocenters. The molecule has 0 spiro atoms. The van der Waals surface area contributed by atoms with Crippen LogP contribution in [0.3, 0.4) is 0 Å². The summed E-state index contributed by atoms with van der Waals surface area (Å²) in [7, 11) is 0. The van der Waals surface area contributed by atoms with E-state index in [1.165, 1.54) is 22.4 Å². The number of carboxylic acids is 1. The molecule has 0 atom stereocenters. The lowest BCUT2D eigenvalue weighted by Gasteiger charge is -2.04. The number of aromatic amines is 1. The Bertz CT molecular complexity index is 1140. The fourth-order valence-corrected chi connectivity index (χ4v) is 2.86. The standard InChI is InChI=1S/C20H17ClN2O3/c1-3-13-4-6-14(7-5-13)10-16-12(2)22-23(19(16)24)15-8-9-18(21)17(11-15)20(25)26/h4-11,22H,2-3H2,1H3,(H,25,26)/b16-10-. The highest BCUT2D eigenvalue weighted by molar-refractivity contribution is 6.33. The molecule has 2 aromatic carbocycles. The van der Waals surface area contributed by atoms with Gasteiger partial charge in [-0.1, -0.05) is 49.4 Å². The number of H-pyrrole nitrogens is 1. The van der Waals surface area contributed by atoms with E-state index < -0.39 is 5.97 Å². The zero-order chi connectivity index (χ0) is 18.8. The van der Waals surface area contributed by atoms with Gasteiger partial charge in [-0.3, -0.25) is 9.89 Å². The summed E-state index contributed by atoms with van der Waals surface area (Å²) in [5, 5.41) is 13.1. The van der Waals surface area contributed by atoms with E-state index in [1.807, 2.05) is 24.3 Å². The number of aromatic nitrogens is 2. The van der Waals surface area contributed by atoms with Gasteiger partial charge in [-0.15, -0.1) is 0 Å². The highest BCUT2D eigenvalue weighted by Gasteiger charge is 2.12. The van der Waals surface area contributed by atoms with Crippen molar-refractivity contribution in [3.8, 4) is 5.69 Å². The molecule has 3 rings (SSSR count). The molecular weight excluding hydrogens is 352 g/mol. The van der Waals surface area contributed by atoms with Crippen LogP contribution in [0.2, 0.25) is 5.02 Å². The molecule has 0 saturated carbocycles. The lowest BCUT2D eigenvalue weighted by atomic mass is 10.1. The Labute approximate surface area is 154 Å². The lowest BCUT2D eigenvalue weighted by molar-refractivity contribution is 0.0697. The predicted molar refractivity (Wildman–Crippen MR) is 103 cm³/mol. The molecule has 1 aromatic heterocycles. The van der Waals surface area contributed by atoms with Gasteiger partial charge in [0.2, 0.25) is 0 Å². The molecule has 3 aromatic rings. The molecule has 6 heteroatoms. The molecule has 2 N–H and O–H groups in total. The minimum absolute atomic E-state index is 0.0723. The Balaban J connectivity index is 2.13. The van der Waals surface area contributed by atoms with E-state index in [0.29, 0.717) is 16.3 Å². The van der Waals surface area contributed by atoms with E-state index in [9.17, 15) is 14.7 Å². The lowest BCUT2D eigenvalue weighted by Crippen LogP contribution is -2.34. The zero-order valence-electron chi connectivity index (χ0n) is 14.1. The first-order chi connectivity index (χ1) is 12.4. The van der Waals surface area contributed by atoms with Crippen molar-refractivity contribution in [1.29, 1.82) is 0 Å². The van der Waals surface area contributed by atoms with Crippen LogP contribution < -0.4 is 16.1 Å². The quantitative estimate of drug-likeness (QED) is 0.742. The Morgan fingerprint density at radius 2 is 1.96 bits per heavy atom. The fourth-order valence-electron chi connectivity index (χ4n) is 2.66. The summed E-state index contributed by atoms with van der Waals surface area (Å²) in [6, 6.07) is 12.3. The van der Waals surface area contributed by atoms with E-state index in [-0.39, 0.29) is 16.1 Å². The molecule has 5 nitrogen and oxygen atoms in total. The van der Waals surface area contributed by atoms with Crippen LogP contribution >= 0.6 is 11.6 Å². The van der Waals surface area contributed by atoms with Gasteiger partial charge in [-0.05, 0) is 41.8 Å². The topological polar surface area (TPSA) is 75.1 Å². The number of halogens is 1. The molecule has 0 aliphatic heterocycles. The molecule has 0 fully saturated rings. The fraction of sp³-hybridized carbons (Fsp3) is 0.100. The number of carbonyl (C=O) groups is 1. The predicted octanol–water partition coefficient (Wildman–Crippen LogP) is 2.32. The summed E-state index contributed by atoms with van der Waals surface area (Å²) in [5.41, 5.74) is 2.09. The van der Waals surface area contributed by atoms with Gasteiger partial charge in [0.15, 0.2) is 0 Å². The van der Waals surface area contributed by atoms with E-state index in [2.05, 4.69) is 18.6 Å². The van der Waals surface area contributed by atoms with Crippen LogP contribution in [0.5, 0.6) is 0 Å². The molecular formula is C20H17ClN2O3. The molecule has 0 aliphatic rings. The first-order valence-electron chi connectivity index (χ1n) is 8.04. The number of rotatable bonds is 4. The maximum atomic E-state index is 12.8. The average molecular weight is 369 g/mol. The zero-order valence-corrected chi connectivity index (χ0v) is 14.9. The number of aryl methyl sites for hydroxylation is 1. The normalized spacial score (nSPS) is 11.7. The van der Waals surface area contributed by atoms with Crippen molar-refractivity contribution in [3.05, 3.63) is 85.1 Å². The third kappa shape index (κ3) is 3.34. The van der Waals surface area contributed by atoms with Crippen LogP contribution in [-0.4, -0.2) is 20.9 Å². The van der Waals surface area contributed by atoms with Crippen LogP contribution in [0.15, 0.2) is 47.3 Å². The Morgan fingerprint density at radius 1 is 1.27 bits per heavy atom. The molecule has 0 aliphatic carbocycles. The van der Waals surface area contributed by atoms with Gasteiger partial charge in [-0.2, -0.15) is 0 Å². The Hall–Kier alpha value is -3.05. The van der Waals surface area contributed by atoms with Crippen molar-refractivity contribution < 1.29 is 9.90 Å². The van der Waals surface area contributed by atoms with Gasteiger partial charge in [0.1, 0.15) is 0 Å². The van der Waals surface area contributed by atoms with E-state index in [0.717, 1.165) is 12.0 Å². The van der Waals surface area contributed by atoms with Crippen molar-refractivity contribution in [1.82, 2.24) is 9.78 Å². The van der Waals surface area contributed by atoms with Gasteiger partial charge >= 0.3 is 5.97 Å².